The van der Waals surface area contributed by atoms with E-state index in [1.165, 1.54) is 0 Å². The number of halogens is 1. The Hall–Kier alpha value is -2.51. The molecule has 0 aliphatic carbocycles. The van der Waals surface area contributed by atoms with E-state index in [4.69, 9.17) is 26.1 Å². The number of nitrogens with zero attached hydrogens (tertiary/aromatic N) is 4. The monoisotopic (exact) mass is 401 g/mol. The summed E-state index contributed by atoms with van der Waals surface area (Å²) in [6.45, 7) is 7.83. The van der Waals surface area contributed by atoms with Gasteiger partial charge in [-0.25, -0.2) is 4.98 Å². The van der Waals surface area contributed by atoms with E-state index < -0.39 is 0 Å². The molecule has 2 aromatic heterocycles. The first kappa shape index (κ1) is 18.8. The molecule has 1 aliphatic heterocycles. The van der Waals surface area contributed by atoms with Crippen molar-refractivity contribution < 1.29 is 9.47 Å². The van der Waals surface area contributed by atoms with Gasteiger partial charge < -0.3 is 19.7 Å². The number of ether oxygens (including phenoxy) is 2. The molecule has 2 atom stereocenters. The maximum Gasteiger partial charge on any atom is 0.159 e. The molecule has 3 heterocycles. The highest BCUT2D eigenvalue weighted by molar-refractivity contribution is 6.33. The topological polar surface area (TPSA) is 63.9 Å². The van der Waals surface area contributed by atoms with E-state index in [2.05, 4.69) is 29.2 Å². The molecule has 1 fully saturated rings. The Morgan fingerprint density at radius 1 is 1.21 bits per heavy atom. The molecular weight excluding hydrogens is 378 g/mol. The van der Waals surface area contributed by atoms with E-state index in [0.29, 0.717) is 10.8 Å². The number of rotatable bonds is 4. The van der Waals surface area contributed by atoms with Crippen LogP contribution in [0.4, 0.5) is 17.3 Å². The lowest BCUT2D eigenvalue weighted by molar-refractivity contribution is -0.00560. The summed E-state index contributed by atoms with van der Waals surface area (Å²) < 4.78 is 13.0. The van der Waals surface area contributed by atoms with Crippen molar-refractivity contribution in [3.05, 3.63) is 41.0 Å². The first-order valence-electron chi connectivity index (χ1n) is 9.31. The number of methoxy groups -OCH3 is 1. The van der Waals surface area contributed by atoms with E-state index in [-0.39, 0.29) is 12.2 Å². The average Bonchev–Trinajstić information content (AvgIpc) is 3.10. The second-order valence-electron chi connectivity index (χ2n) is 7.14. The number of nitrogens with one attached hydrogen (secondary N) is 1. The summed E-state index contributed by atoms with van der Waals surface area (Å²) >= 11 is 6.42. The predicted octanol–water partition coefficient (Wildman–Crippen LogP) is 4.06. The molecule has 1 saturated heterocycles. The van der Waals surface area contributed by atoms with E-state index >= 15 is 0 Å². The van der Waals surface area contributed by atoms with Crippen LogP contribution in [0.15, 0.2) is 30.5 Å². The third-order valence-electron chi connectivity index (χ3n) is 4.89. The minimum Gasteiger partial charge on any atom is -0.497 e. The standard InChI is InChI=1S/C20H24ClN5O2/c1-12-10-25(11-13(2)28-12)20-14(3)19(24-18-7-8-22-26(18)20)23-17-6-5-15(27-4)9-16(17)21/h5-9,12-13H,10-11H2,1-4H3,(H,23,24). The quantitative estimate of drug-likeness (QED) is 0.711. The third-order valence-corrected chi connectivity index (χ3v) is 5.20. The summed E-state index contributed by atoms with van der Waals surface area (Å²) in [5.41, 5.74) is 2.56. The molecule has 1 aromatic carbocycles. The van der Waals surface area contributed by atoms with Crippen molar-refractivity contribution in [2.45, 2.75) is 33.0 Å². The fourth-order valence-electron chi connectivity index (χ4n) is 3.70. The van der Waals surface area contributed by atoms with Crippen molar-refractivity contribution in [2.24, 2.45) is 0 Å². The van der Waals surface area contributed by atoms with Gasteiger partial charge in [-0.1, -0.05) is 11.6 Å². The molecule has 148 valence electrons. The van der Waals surface area contributed by atoms with E-state index in [0.717, 1.165) is 41.6 Å². The van der Waals surface area contributed by atoms with E-state index in [1.54, 1.807) is 19.4 Å². The summed E-state index contributed by atoms with van der Waals surface area (Å²) in [6.07, 6.45) is 2.06. The Kier molecular flexibility index (Phi) is 5.03. The fraction of sp³-hybridized carbons (Fsp3) is 0.400. The summed E-state index contributed by atoms with van der Waals surface area (Å²) in [5, 5.41) is 8.45. The molecule has 3 aromatic rings. The van der Waals surface area contributed by atoms with Gasteiger partial charge in [0.05, 0.1) is 36.2 Å². The molecule has 7 nitrogen and oxygen atoms in total. The van der Waals surface area contributed by atoms with Gasteiger partial charge in [0.25, 0.3) is 0 Å². The fourth-order valence-corrected chi connectivity index (χ4v) is 3.92. The summed E-state index contributed by atoms with van der Waals surface area (Å²) in [7, 11) is 1.62. The number of fused-ring (bicyclic) bond motifs is 1. The van der Waals surface area contributed by atoms with Crippen LogP contribution in [-0.2, 0) is 4.74 Å². The second kappa shape index (κ2) is 7.48. The highest BCUT2D eigenvalue weighted by Crippen LogP contribution is 2.33. The highest BCUT2D eigenvalue weighted by atomic mass is 35.5. The molecule has 0 saturated carbocycles. The zero-order chi connectivity index (χ0) is 19.8. The lowest BCUT2D eigenvalue weighted by atomic mass is 10.2. The molecule has 2 unspecified atom stereocenters. The lowest BCUT2D eigenvalue weighted by Gasteiger charge is -2.37. The van der Waals surface area contributed by atoms with Gasteiger partial charge in [0, 0.05) is 30.8 Å². The van der Waals surface area contributed by atoms with Crippen molar-refractivity contribution in [3.63, 3.8) is 0 Å². The minimum absolute atomic E-state index is 0.148. The molecule has 0 amide bonds. The van der Waals surface area contributed by atoms with Crippen molar-refractivity contribution >= 4 is 34.6 Å². The number of anilines is 3. The number of benzene rings is 1. The Morgan fingerprint density at radius 2 is 1.96 bits per heavy atom. The largest absolute Gasteiger partial charge is 0.497 e. The lowest BCUT2D eigenvalue weighted by Crippen LogP contribution is -2.46. The molecule has 4 rings (SSSR count). The first-order chi connectivity index (χ1) is 13.5. The number of aromatic nitrogens is 3. The van der Waals surface area contributed by atoms with Crippen LogP contribution in [0.1, 0.15) is 19.4 Å². The van der Waals surface area contributed by atoms with Crippen LogP contribution < -0.4 is 15.0 Å². The van der Waals surface area contributed by atoms with Crippen LogP contribution in [0.5, 0.6) is 5.75 Å². The number of hydrogen-bond acceptors (Lipinski definition) is 6. The van der Waals surface area contributed by atoms with Gasteiger partial charge in [0.2, 0.25) is 0 Å². The molecule has 1 aliphatic rings. The second-order valence-corrected chi connectivity index (χ2v) is 7.55. The molecule has 8 heteroatoms. The van der Waals surface area contributed by atoms with Crippen LogP contribution in [0.25, 0.3) is 5.65 Å². The van der Waals surface area contributed by atoms with Crippen molar-refractivity contribution in [2.75, 3.05) is 30.4 Å². The minimum atomic E-state index is 0.148. The maximum absolute atomic E-state index is 6.42. The zero-order valence-corrected chi connectivity index (χ0v) is 17.2. The maximum atomic E-state index is 6.42. The van der Waals surface area contributed by atoms with Gasteiger partial charge in [0.1, 0.15) is 17.4 Å². The van der Waals surface area contributed by atoms with Crippen molar-refractivity contribution in [3.8, 4) is 5.75 Å². The first-order valence-corrected chi connectivity index (χ1v) is 9.69. The molecule has 0 spiro atoms. The van der Waals surface area contributed by atoms with Crippen LogP contribution in [0.2, 0.25) is 5.02 Å². The molecule has 0 radical (unpaired) electrons. The normalized spacial score (nSPS) is 19.8. The van der Waals surface area contributed by atoms with Gasteiger partial charge in [-0.3, -0.25) is 0 Å². The zero-order valence-electron chi connectivity index (χ0n) is 16.4. The highest BCUT2D eigenvalue weighted by Gasteiger charge is 2.27. The number of hydrogen-bond donors (Lipinski definition) is 1. The van der Waals surface area contributed by atoms with Gasteiger partial charge in [-0.2, -0.15) is 9.61 Å². The van der Waals surface area contributed by atoms with Crippen LogP contribution in [0.3, 0.4) is 0 Å². The Bertz CT molecular complexity index is 996. The smallest absolute Gasteiger partial charge is 0.159 e. The van der Waals surface area contributed by atoms with Crippen LogP contribution in [0, 0.1) is 6.92 Å². The van der Waals surface area contributed by atoms with Crippen molar-refractivity contribution in [1.82, 2.24) is 14.6 Å². The van der Waals surface area contributed by atoms with Crippen LogP contribution >= 0.6 is 11.6 Å². The Labute approximate surface area is 169 Å². The summed E-state index contributed by atoms with van der Waals surface area (Å²) in [5.74, 6) is 2.48. The van der Waals surface area contributed by atoms with Gasteiger partial charge >= 0.3 is 0 Å². The third kappa shape index (κ3) is 3.47. The Morgan fingerprint density at radius 3 is 2.64 bits per heavy atom. The van der Waals surface area contributed by atoms with Gasteiger partial charge in [-0.05, 0) is 32.9 Å². The molecule has 1 N–H and O–H groups in total. The van der Waals surface area contributed by atoms with Crippen LogP contribution in [-0.4, -0.2) is 47.0 Å². The van der Waals surface area contributed by atoms with E-state index in [1.807, 2.05) is 29.6 Å². The molecule has 28 heavy (non-hydrogen) atoms. The van der Waals surface area contributed by atoms with Gasteiger partial charge in [-0.15, -0.1) is 0 Å². The predicted molar refractivity (Wildman–Crippen MR) is 111 cm³/mol. The Balaban J connectivity index is 1.77. The summed E-state index contributed by atoms with van der Waals surface area (Å²) in [6, 6.07) is 7.44. The summed E-state index contributed by atoms with van der Waals surface area (Å²) in [4.78, 5) is 7.06. The number of morpholine rings is 1. The molecular formula is C20H24ClN5O2. The van der Waals surface area contributed by atoms with Gasteiger partial charge in [0.15, 0.2) is 5.65 Å². The SMILES string of the molecule is COc1ccc(Nc2nc3ccnn3c(N3CC(C)OC(C)C3)c2C)c(Cl)c1. The van der Waals surface area contributed by atoms with Crippen molar-refractivity contribution in [1.29, 1.82) is 0 Å². The van der Waals surface area contributed by atoms with E-state index in [9.17, 15) is 0 Å². The molecule has 0 bridgehead atoms. The average molecular weight is 402 g/mol.